The number of rotatable bonds is 6. The molecular formula is C25H20ClFN2O3. The molecule has 0 atom stereocenters. The first-order valence-electron chi connectivity index (χ1n) is 9.88. The minimum atomic E-state index is -0.339. The molecule has 1 aliphatic rings. The highest BCUT2D eigenvalue weighted by molar-refractivity contribution is 6.33. The molecule has 3 aromatic rings. The monoisotopic (exact) mass is 450 g/mol. The van der Waals surface area contributed by atoms with Crippen LogP contribution >= 0.6 is 11.6 Å². The van der Waals surface area contributed by atoms with Crippen LogP contribution in [0.25, 0.3) is 6.08 Å². The molecule has 32 heavy (non-hydrogen) atoms. The molecule has 1 amide bonds. The Labute approximate surface area is 190 Å². The molecule has 1 heterocycles. The van der Waals surface area contributed by atoms with Crippen LogP contribution < -0.4 is 14.5 Å². The van der Waals surface area contributed by atoms with E-state index in [2.05, 4.69) is 5.10 Å². The smallest absolute Gasteiger partial charge is 0.280 e. The first-order chi connectivity index (χ1) is 15.5. The molecule has 1 aliphatic heterocycles. The van der Waals surface area contributed by atoms with Gasteiger partial charge in [0.05, 0.1) is 29.1 Å². The summed E-state index contributed by atoms with van der Waals surface area (Å²) in [6, 6.07) is 18.8. The number of hydrazone groups is 1. The van der Waals surface area contributed by atoms with Crippen LogP contribution in [0.2, 0.25) is 5.02 Å². The van der Waals surface area contributed by atoms with E-state index >= 15 is 0 Å². The second-order valence-electron chi connectivity index (χ2n) is 7.15. The molecule has 3 aromatic carbocycles. The lowest BCUT2D eigenvalue weighted by Crippen LogP contribution is -2.21. The van der Waals surface area contributed by atoms with Gasteiger partial charge in [-0.05, 0) is 60.5 Å². The minimum Gasteiger partial charge on any atom is -0.493 e. The van der Waals surface area contributed by atoms with Gasteiger partial charge < -0.3 is 9.47 Å². The van der Waals surface area contributed by atoms with Crippen molar-refractivity contribution in [3.05, 3.63) is 94.3 Å². The topological polar surface area (TPSA) is 51.1 Å². The van der Waals surface area contributed by atoms with E-state index in [1.54, 1.807) is 37.3 Å². The molecule has 0 saturated carbocycles. The lowest BCUT2D eigenvalue weighted by atomic mass is 10.1. The van der Waals surface area contributed by atoms with Gasteiger partial charge in [-0.3, -0.25) is 4.79 Å². The molecule has 0 bridgehead atoms. The van der Waals surface area contributed by atoms with Crippen LogP contribution in [0.15, 0.2) is 77.4 Å². The number of nitrogens with zero attached hydrogens (tertiary/aromatic N) is 2. The summed E-state index contributed by atoms with van der Waals surface area (Å²) < 4.78 is 24.7. The van der Waals surface area contributed by atoms with Crippen molar-refractivity contribution in [2.45, 2.75) is 13.5 Å². The Hall–Kier alpha value is -3.64. The van der Waals surface area contributed by atoms with Gasteiger partial charge >= 0.3 is 0 Å². The largest absolute Gasteiger partial charge is 0.493 e. The number of carbonyl (C=O) groups excluding carboxylic acids is 1. The number of ether oxygens (including phenoxy) is 2. The highest BCUT2D eigenvalue weighted by atomic mass is 35.5. The number of carbonyl (C=O) groups is 1. The SMILES string of the molecule is COc1cc(/C=C2/C(=O)N(c3ccccc3)N=C2C)cc(Cl)c1OCc1cccc(F)c1. The average Bonchev–Trinajstić information content (AvgIpc) is 3.07. The minimum absolute atomic E-state index is 0.130. The molecular weight excluding hydrogens is 431 g/mol. The van der Waals surface area contributed by atoms with Gasteiger partial charge in [0.2, 0.25) is 0 Å². The van der Waals surface area contributed by atoms with Gasteiger partial charge in [0.1, 0.15) is 12.4 Å². The number of halogens is 2. The molecule has 0 unspecified atom stereocenters. The maximum Gasteiger partial charge on any atom is 0.280 e. The first kappa shape index (κ1) is 21.6. The molecule has 0 radical (unpaired) electrons. The number of hydrogen-bond donors (Lipinski definition) is 0. The fraction of sp³-hybridized carbons (Fsp3) is 0.120. The Bertz CT molecular complexity index is 1230. The fourth-order valence-electron chi connectivity index (χ4n) is 3.34. The van der Waals surface area contributed by atoms with E-state index in [9.17, 15) is 9.18 Å². The highest BCUT2D eigenvalue weighted by Gasteiger charge is 2.28. The summed E-state index contributed by atoms with van der Waals surface area (Å²) >= 11 is 6.46. The molecule has 0 fully saturated rings. The molecule has 4 rings (SSSR count). The summed E-state index contributed by atoms with van der Waals surface area (Å²) in [6.07, 6.45) is 1.72. The Morgan fingerprint density at radius 2 is 1.88 bits per heavy atom. The maximum atomic E-state index is 13.4. The molecule has 162 valence electrons. The zero-order chi connectivity index (χ0) is 22.7. The van der Waals surface area contributed by atoms with Gasteiger partial charge in [0, 0.05) is 0 Å². The molecule has 0 aliphatic carbocycles. The second-order valence-corrected chi connectivity index (χ2v) is 7.56. The van der Waals surface area contributed by atoms with E-state index in [4.69, 9.17) is 21.1 Å². The van der Waals surface area contributed by atoms with Crippen LogP contribution in [0.1, 0.15) is 18.1 Å². The first-order valence-corrected chi connectivity index (χ1v) is 10.3. The summed E-state index contributed by atoms with van der Waals surface area (Å²) in [4.78, 5) is 12.9. The summed E-state index contributed by atoms with van der Waals surface area (Å²) in [6.45, 7) is 1.91. The van der Waals surface area contributed by atoms with Crippen LogP contribution in [-0.2, 0) is 11.4 Å². The summed E-state index contributed by atoms with van der Waals surface area (Å²) in [5.74, 6) is 0.180. The summed E-state index contributed by atoms with van der Waals surface area (Å²) in [7, 11) is 1.50. The van der Waals surface area contributed by atoms with E-state index in [0.717, 1.165) is 0 Å². The molecule has 0 saturated heterocycles. The van der Waals surface area contributed by atoms with Gasteiger partial charge in [-0.15, -0.1) is 0 Å². The van der Waals surface area contributed by atoms with Crippen molar-refractivity contribution >= 4 is 35.0 Å². The van der Waals surface area contributed by atoms with E-state index in [1.807, 2.05) is 30.3 Å². The van der Waals surface area contributed by atoms with Crippen LogP contribution in [-0.4, -0.2) is 18.7 Å². The van der Waals surface area contributed by atoms with Crippen LogP contribution in [0.5, 0.6) is 11.5 Å². The lowest BCUT2D eigenvalue weighted by molar-refractivity contribution is -0.114. The van der Waals surface area contributed by atoms with Gasteiger partial charge in [0.15, 0.2) is 11.5 Å². The Balaban J connectivity index is 1.59. The average molecular weight is 451 g/mol. The normalized spacial score (nSPS) is 14.6. The fourth-order valence-corrected chi connectivity index (χ4v) is 3.61. The van der Waals surface area contributed by atoms with E-state index in [1.165, 1.54) is 24.3 Å². The van der Waals surface area contributed by atoms with Crippen LogP contribution in [0.3, 0.4) is 0 Å². The third-order valence-electron chi connectivity index (χ3n) is 4.90. The molecule has 0 spiro atoms. The zero-order valence-corrected chi connectivity index (χ0v) is 18.3. The summed E-state index contributed by atoms with van der Waals surface area (Å²) in [5, 5.41) is 6.07. The number of amides is 1. The predicted molar refractivity (Wildman–Crippen MR) is 124 cm³/mol. The van der Waals surface area contributed by atoms with Gasteiger partial charge in [0.25, 0.3) is 5.91 Å². The summed E-state index contributed by atoms with van der Waals surface area (Å²) in [5.41, 5.74) is 3.08. The van der Waals surface area contributed by atoms with E-state index in [-0.39, 0.29) is 18.3 Å². The Kier molecular flexibility index (Phi) is 6.23. The Morgan fingerprint density at radius 3 is 2.59 bits per heavy atom. The van der Waals surface area contributed by atoms with Crippen molar-refractivity contribution in [2.24, 2.45) is 5.10 Å². The van der Waals surface area contributed by atoms with Crippen molar-refractivity contribution in [3.63, 3.8) is 0 Å². The van der Waals surface area contributed by atoms with Crippen molar-refractivity contribution in [3.8, 4) is 11.5 Å². The van der Waals surface area contributed by atoms with Crippen molar-refractivity contribution in [1.29, 1.82) is 0 Å². The zero-order valence-electron chi connectivity index (χ0n) is 17.5. The quantitative estimate of drug-likeness (QED) is 0.441. The molecule has 5 nitrogen and oxygen atoms in total. The number of hydrogen-bond acceptors (Lipinski definition) is 4. The van der Waals surface area contributed by atoms with Crippen LogP contribution in [0, 0.1) is 5.82 Å². The van der Waals surface area contributed by atoms with Gasteiger partial charge in [-0.2, -0.15) is 10.1 Å². The van der Waals surface area contributed by atoms with E-state index < -0.39 is 0 Å². The van der Waals surface area contributed by atoms with Crippen molar-refractivity contribution in [2.75, 3.05) is 12.1 Å². The molecule has 0 N–H and O–H groups in total. The standard InChI is InChI=1S/C25H20ClFN2O3/c1-16-21(25(30)29(28-16)20-9-4-3-5-10-20)12-18-13-22(26)24(23(14-18)31-2)32-15-17-7-6-8-19(27)11-17/h3-14H,15H2,1-2H3/b21-12+. The second kappa shape index (κ2) is 9.24. The third kappa shape index (κ3) is 4.50. The number of benzene rings is 3. The predicted octanol–water partition coefficient (Wildman–Crippen LogP) is 5.87. The van der Waals surface area contributed by atoms with Crippen LogP contribution in [0.4, 0.5) is 10.1 Å². The maximum absolute atomic E-state index is 13.4. The number of methoxy groups -OCH3 is 1. The van der Waals surface area contributed by atoms with Crippen molar-refractivity contribution in [1.82, 2.24) is 0 Å². The van der Waals surface area contributed by atoms with Gasteiger partial charge in [-0.1, -0.05) is 41.9 Å². The highest BCUT2D eigenvalue weighted by Crippen LogP contribution is 2.38. The molecule has 0 aromatic heterocycles. The van der Waals surface area contributed by atoms with Gasteiger partial charge in [-0.25, -0.2) is 4.39 Å². The number of anilines is 1. The third-order valence-corrected chi connectivity index (χ3v) is 5.18. The lowest BCUT2D eigenvalue weighted by Gasteiger charge is -2.14. The number of para-hydroxylation sites is 1. The molecule has 7 heteroatoms. The Morgan fingerprint density at radius 1 is 1.09 bits per heavy atom. The van der Waals surface area contributed by atoms with Crippen molar-refractivity contribution < 1.29 is 18.7 Å². The van der Waals surface area contributed by atoms with E-state index in [0.29, 0.717) is 44.6 Å².